The molecule has 0 fully saturated rings. The first-order valence-electron chi connectivity index (χ1n) is 8.41. The fourth-order valence-corrected chi connectivity index (χ4v) is 2.84. The lowest BCUT2D eigenvalue weighted by Gasteiger charge is -2.31. The number of nitrogens with one attached hydrogen (secondary N) is 2. The minimum Gasteiger partial charge on any atom is -0.359 e. The summed E-state index contributed by atoms with van der Waals surface area (Å²) < 4.78 is 38.4. The zero-order valence-corrected chi connectivity index (χ0v) is 15.6. The minimum absolute atomic E-state index is 0.0178. The first-order valence-corrected chi connectivity index (χ1v) is 8.41. The van der Waals surface area contributed by atoms with Gasteiger partial charge in [0.1, 0.15) is 5.69 Å². The summed E-state index contributed by atoms with van der Waals surface area (Å²) in [4.78, 5) is 30.9. The highest BCUT2D eigenvalue weighted by Crippen LogP contribution is 2.39. The Hall–Kier alpha value is -2.64. The zero-order chi connectivity index (χ0) is 20.4. The highest BCUT2D eigenvalue weighted by molar-refractivity contribution is 5.95. The van der Waals surface area contributed by atoms with E-state index in [1.54, 1.807) is 7.05 Å². The van der Waals surface area contributed by atoms with E-state index in [0.717, 1.165) is 18.2 Å². The number of carbonyl (C=O) groups is 1. The molecule has 1 aromatic heterocycles. The van der Waals surface area contributed by atoms with Crippen molar-refractivity contribution in [2.45, 2.75) is 39.3 Å². The molecule has 0 saturated carbocycles. The van der Waals surface area contributed by atoms with Gasteiger partial charge in [0, 0.05) is 19.5 Å². The number of H-pyrrole nitrogens is 1. The van der Waals surface area contributed by atoms with Crippen LogP contribution >= 0.6 is 0 Å². The lowest BCUT2D eigenvalue weighted by molar-refractivity contribution is -0.137. The van der Waals surface area contributed by atoms with Gasteiger partial charge in [0.15, 0.2) is 5.78 Å². The second-order valence-corrected chi connectivity index (χ2v) is 7.39. The molecule has 0 saturated heterocycles. The minimum atomic E-state index is -4.41. The predicted octanol–water partition coefficient (Wildman–Crippen LogP) is 4.23. The van der Waals surface area contributed by atoms with Crippen LogP contribution in [0, 0.1) is 5.41 Å². The van der Waals surface area contributed by atoms with Crippen molar-refractivity contribution in [3.63, 3.8) is 0 Å². The molecule has 27 heavy (non-hydrogen) atoms. The van der Waals surface area contributed by atoms with Gasteiger partial charge in [-0.15, -0.1) is 0 Å². The van der Waals surface area contributed by atoms with Gasteiger partial charge in [-0.25, -0.2) is 4.98 Å². The number of alkyl halides is 3. The van der Waals surface area contributed by atoms with Crippen molar-refractivity contribution in [1.29, 1.82) is 0 Å². The molecule has 5 nitrogen and oxygen atoms in total. The second-order valence-electron chi connectivity index (χ2n) is 7.39. The van der Waals surface area contributed by atoms with Crippen molar-refractivity contribution in [1.82, 2.24) is 9.97 Å². The number of aromatic amines is 1. The predicted molar refractivity (Wildman–Crippen MR) is 97.0 cm³/mol. The van der Waals surface area contributed by atoms with Crippen molar-refractivity contribution >= 4 is 11.7 Å². The topological polar surface area (TPSA) is 74.8 Å². The van der Waals surface area contributed by atoms with Crippen LogP contribution in [0.2, 0.25) is 0 Å². The van der Waals surface area contributed by atoms with E-state index in [-0.39, 0.29) is 35.2 Å². The number of ketones is 1. The van der Waals surface area contributed by atoms with Gasteiger partial charge in [-0.3, -0.25) is 14.6 Å². The van der Waals surface area contributed by atoms with Crippen LogP contribution in [0.1, 0.15) is 54.7 Å². The molecule has 8 heteroatoms. The molecule has 0 radical (unpaired) electrons. The maximum atomic E-state index is 12.8. The third-order valence-corrected chi connectivity index (χ3v) is 4.34. The third kappa shape index (κ3) is 5.18. The summed E-state index contributed by atoms with van der Waals surface area (Å²) >= 11 is 0. The molecular weight excluding hydrogens is 359 g/mol. The summed E-state index contributed by atoms with van der Waals surface area (Å²) in [6.07, 6.45) is -4.39. The summed E-state index contributed by atoms with van der Waals surface area (Å²) in [6.45, 7) is 5.73. The summed E-state index contributed by atoms with van der Waals surface area (Å²) in [7, 11) is 1.56. The molecule has 1 aromatic carbocycles. The number of benzene rings is 1. The Morgan fingerprint density at radius 1 is 1.19 bits per heavy atom. The molecule has 0 aliphatic rings. The van der Waals surface area contributed by atoms with E-state index in [1.807, 2.05) is 20.8 Å². The number of nitrogens with zero attached hydrogens (tertiary/aromatic N) is 1. The molecule has 0 unspecified atom stereocenters. The molecule has 2 N–H and O–H groups in total. The molecule has 1 heterocycles. The molecule has 0 aliphatic carbocycles. The van der Waals surface area contributed by atoms with E-state index in [4.69, 9.17) is 0 Å². The summed E-state index contributed by atoms with van der Waals surface area (Å²) in [6, 6.07) is 5.95. The molecule has 2 rings (SSSR count). The first kappa shape index (κ1) is 20.7. The average Bonchev–Trinajstić information content (AvgIpc) is 2.57. The van der Waals surface area contributed by atoms with Crippen molar-refractivity contribution in [2.75, 3.05) is 12.4 Å². The number of halogens is 3. The van der Waals surface area contributed by atoms with E-state index in [2.05, 4.69) is 15.3 Å². The Labute approximate surface area is 155 Å². The van der Waals surface area contributed by atoms with Gasteiger partial charge in [-0.2, -0.15) is 13.2 Å². The van der Waals surface area contributed by atoms with E-state index in [0.29, 0.717) is 5.56 Å². The molecular formula is C19H22F3N3O2. The number of rotatable bonds is 5. The molecule has 146 valence electrons. The van der Waals surface area contributed by atoms with E-state index in [9.17, 15) is 22.8 Å². The van der Waals surface area contributed by atoms with Crippen molar-refractivity contribution in [2.24, 2.45) is 5.41 Å². The van der Waals surface area contributed by atoms with Gasteiger partial charge in [-0.1, -0.05) is 32.9 Å². The van der Waals surface area contributed by atoms with Crippen LogP contribution in [-0.2, 0) is 6.18 Å². The van der Waals surface area contributed by atoms with Crippen LogP contribution in [0.5, 0.6) is 0 Å². The Bertz CT molecular complexity index is 865. The number of hydrogen-bond acceptors (Lipinski definition) is 4. The average molecular weight is 381 g/mol. The smallest absolute Gasteiger partial charge is 0.359 e. The fraction of sp³-hybridized carbons (Fsp3) is 0.421. The van der Waals surface area contributed by atoms with E-state index < -0.39 is 17.3 Å². The maximum absolute atomic E-state index is 12.8. The van der Waals surface area contributed by atoms with E-state index >= 15 is 0 Å². The normalized spacial score (nSPS) is 13.3. The van der Waals surface area contributed by atoms with Crippen LogP contribution in [-0.4, -0.2) is 22.8 Å². The standard InChI is InChI=1S/C19H22F3N3O2/c1-18(2,3)13(11-5-7-12(8-6-11)19(20,21)22)9-15(26)14-10-16(27)25-17(23-4)24-14/h5-8,10,13H,9H2,1-4H3,(H2,23,24,25,27)/t13-/m0/s1. The monoisotopic (exact) mass is 381 g/mol. The van der Waals surface area contributed by atoms with Crippen LogP contribution < -0.4 is 10.9 Å². The second kappa shape index (κ2) is 7.54. The largest absolute Gasteiger partial charge is 0.416 e. The highest BCUT2D eigenvalue weighted by atomic mass is 19.4. The van der Waals surface area contributed by atoms with Crippen molar-refractivity contribution in [3.05, 3.63) is 57.5 Å². The Morgan fingerprint density at radius 3 is 2.26 bits per heavy atom. The number of anilines is 1. The lowest BCUT2D eigenvalue weighted by atomic mass is 9.73. The summed E-state index contributed by atoms with van der Waals surface area (Å²) in [5.74, 6) is -0.517. The quantitative estimate of drug-likeness (QED) is 0.760. The Balaban J connectivity index is 2.34. The van der Waals surface area contributed by atoms with Crippen molar-refractivity contribution in [3.8, 4) is 0 Å². The number of hydrogen-bond donors (Lipinski definition) is 2. The van der Waals surface area contributed by atoms with Crippen LogP contribution in [0.4, 0.5) is 19.1 Å². The first-order chi connectivity index (χ1) is 12.4. The number of Topliss-reactive ketones (excluding diaryl/α,β-unsaturated/α-hetero) is 1. The molecule has 0 bridgehead atoms. The van der Waals surface area contributed by atoms with E-state index in [1.165, 1.54) is 12.1 Å². The van der Waals surface area contributed by atoms with Gasteiger partial charge >= 0.3 is 6.18 Å². The fourth-order valence-electron chi connectivity index (χ4n) is 2.84. The van der Waals surface area contributed by atoms with Gasteiger partial charge in [0.25, 0.3) is 5.56 Å². The molecule has 1 atom stereocenters. The van der Waals surface area contributed by atoms with Crippen molar-refractivity contribution < 1.29 is 18.0 Å². The van der Waals surface area contributed by atoms with Crippen LogP contribution in [0.25, 0.3) is 0 Å². The lowest BCUT2D eigenvalue weighted by Crippen LogP contribution is -2.23. The Kier molecular flexibility index (Phi) is 5.77. The summed E-state index contributed by atoms with van der Waals surface area (Å²) in [5.41, 5.74) is -0.936. The molecule has 0 amide bonds. The molecule has 0 spiro atoms. The third-order valence-electron chi connectivity index (χ3n) is 4.34. The zero-order valence-electron chi connectivity index (χ0n) is 15.6. The van der Waals surface area contributed by atoms with Gasteiger partial charge in [0.05, 0.1) is 5.56 Å². The highest BCUT2D eigenvalue weighted by Gasteiger charge is 2.32. The number of carbonyl (C=O) groups excluding carboxylic acids is 1. The Morgan fingerprint density at radius 2 is 1.78 bits per heavy atom. The van der Waals surface area contributed by atoms with Gasteiger partial charge in [-0.05, 0) is 29.0 Å². The van der Waals surface area contributed by atoms with Gasteiger partial charge in [0.2, 0.25) is 5.95 Å². The molecule has 0 aliphatic heterocycles. The van der Waals surface area contributed by atoms with Crippen LogP contribution in [0.15, 0.2) is 35.1 Å². The molecule has 2 aromatic rings. The summed E-state index contributed by atoms with van der Waals surface area (Å²) in [5, 5.41) is 2.67. The van der Waals surface area contributed by atoms with Gasteiger partial charge < -0.3 is 5.32 Å². The SMILES string of the molecule is CNc1nc(C(=O)C[C@@H](c2ccc(C(F)(F)F)cc2)C(C)(C)C)cc(=O)[nH]1. The number of aromatic nitrogens is 2. The van der Waals surface area contributed by atoms with Crippen LogP contribution in [0.3, 0.4) is 0 Å². The maximum Gasteiger partial charge on any atom is 0.416 e.